The third kappa shape index (κ3) is 6.67. The number of alkyl halides is 3. The lowest BCUT2D eigenvalue weighted by Gasteiger charge is -2.20. The first kappa shape index (κ1) is 23.5. The minimum absolute atomic E-state index is 0.0425. The molecule has 2 heterocycles. The molecular formula is C24H26F3N3O2. The van der Waals surface area contributed by atoms with Gasteiger partial charge >= 0.3 is 6.36 Å². The van der Waals surface area contributed by atoms with Gasteiger partial charge in [-0.15, -0.1) is 13.2 Å². The standard InChI is InChI=1S/C24H26F3N3O2/c1-16(2)19(13-23(31)22-14-30(3)15-29-22)5-4-17-10-11-28-21(12-17)18-6-8-20(9-7-18)32-24(25,26)27/h6-12,14-16,19H,4-5,13H2,1-3H3. The van der Waals surface area contributed by atoms with Crippen molar-refractivity contribution in [2.24, 2.45) is 18.9 Å². The highest BCUT2D eigenvalue weighted by Gasteiger charge is 2.31. The van der Waals surface area contributed by atoms with Crippen LogP contribution in [-0.4, -0.2) is 26.7 Å². The Morgan fingerprint density at radius 3 is 2.44 bits per heavy atom. The van der Waals surface area contributed by atoms with Crippen LogP contribution < -0.4 is 4.74 Å². The van der Waals surface area contributed by atoms with Crippen molar-refractivity contribution in [1.29, 1.82) is 0 Å². The fourth-order valence-electron chi connectivity index (χ4n) is 3.54. The molecule has 0 N–H and O–H groups in total. The van der Waals surface area contributed by atoms with Gasteiger partial charge < -0.3 is 9.30 Å². The number of aromatic nitrogens is 3. The molecule has 8 heteroatoms. The van der Waals surface area contributed by atoms with Crippen molar-refractivity contribution in [2.45, 2.75) is 39.5 Å². The normalized spacial score (nSPS) is 12.7. The zero-order chi connectivity index (χ0) is 23.3. The molecule has 0 fully saturated rings. The SMILES string of the molecule is CC(C)C(CCc1ccnc(-c2ccc(OC(F)(F)F)cc2)c1)CC(=O)c1cn(C)cn1. The number of rotatable bonds is 9. The van der Waals surface area contributed by atoms with Gasteiger partial charge in [-0.3, -0.25) is 9.78 Å². The van der Waals surface area contributed by atoms with Crippen LogP contribution in [-0.2, 0) is 13.5 Å². The molecule has 0 spiro atoms. The van der Waals surface area contributed by atoms with Crippen LogP contribution in [0.5, 0.6) is 5.75 Å². The first-order valence-corrected chi connectivity index (χ1v) is 10.4. The summed E-state index contributed by atoms with van der Waals surface area (Å²) in [6.07, 6.45) is 2.37. The molecule has 0 aliphatic heterocycles. The fraction of sp³-hybridized carbons (Fsp3) is 0.375. The Labute approximate surface area is 185 Å². The lowest BCUT2D eigenvalue weighted by molar-refractivity contribution is -0.274. The molecular weight excluding hydrogens is 419 g/mol. The monoisotopic (exact) mass is 445 g/mol. The molecule has 0 bridgehead atoms. The van der Waals surface area contributed by atoms with Gasteiger partial charge in [0, 0.05) is 31.4 Å². The molecule has 170 valence electrons. The maximum absolute atomic E-state index is 12.6. The third-order valence-electron chi connectivity index (χ3n) is 5.39. The van der Waals surface area contributed by atoms with Gasteiger partial charge in [0.2, 0.25) is 0 Å². The lowest BCUT2D eigenvalue weighted by atomic mass is 9.85. The Balaban J connectivity index is 1.64. The summed E-state index contributed by atoms with van der Waals surface area (Å²) in [6, 6.07) is 9.50. The van der Waals surface area contributed by atoms with Crippen LogP contribution in [0.1, 0.15) is 42.7 Å². The maximum atomic E-state index is 12.6. The van der Waals surface area contributed by atoms with E-state index in [1.807, 2.05) is 19.2 Å². The van der Waals surface area contributed by atoms with E-state index in [4.69, 9.17) is 0 Å². The topological polar surface area (TPSA) is 57.0 Å². The van der Waals surface area contributed by atoms with Crippen LogP contribution in [0.4, 0.5) is 13.2 Å². The molecule has 0 saturated carbocycles. The molecule has 0 radical (unpaired) electrons. The van der Waals surface area contributed by atoms with Crippen molar-refractivity contribution < 1.29 is 22.7 Å². The van der Waals surface area contributed by atoms with E-state index < -0.39 is 6.36 Å². The van der Waals surface area contributed by atoms with E-state index in [1.165, 1.54) is 12.1 Å². The molecule has 3 rings (SSSR count). The number of ketones is 1. The second-order valence-electron chi connectivity index (χ2n) is 8.22. The number of carbonyl (C=O) groups excluding carboxylic acids is 1. The van der Waals surface area contributed by atoms with Crippen molar-refractivity contribution in [3.05, 3.63) is 66.4 Å². The molecule has 3 aromatic rings. The highest BCUT2D eigenvalue weighted by Crippen LogP contribution is 2.27. The van der Waals surface area contributed by atoms with Gasteiger partial charge in [0.15, 0.2) is 5.78 Å². The van der Waals surface area contributed by atoms with Crippen LogP contribution in [0.25, 0.3) is 11.3 Å². The summed E-state index contributed by atoms with van der Waals surface area (Å²) in [5.41, 5.74) is 2.92. The molecule has 1 atom stereocenters. The van der Waals surface area contributed by atoms with E-state index in [0.717, 1.165) is 18.4 Å². The first-order chi connectivity index (χ1) is 15.1. The first-order valence-electron chi connectivity index (χ1n) is 10.4. The molecule has 0 saturated heterocycles. The van der Waals surface area contributed by atoms with E-state index in [9.17, 15) is 18.0 Å². The molecule has 0 aliphatic carbocycles. The average molecular weight is 445 g/mol. The number of carbonyl (C=O) groups is 1. The Morgan fingerprint density at radius 1 is 1.12 bits per heavy atom. The second kappa shape index (κ2) is 9.97. The lowest BCUT2D eigenvalue weighted by Crippen LogP contribution is -2.16. The summed E-state index contributed by atoms with van der Waals surface area (Å²) in [6.45, 7) is 4.22. The van der Waals surface area contributed by atoms with Gasteiger partial charge in [-0.25, -0.2) is 4.98 Å². The number of aryl methyl sites for hydroxylation is 2. The molecule has 32 heavy (non-hydrogen) atoms. The van der Waals surface area contributed by atoms with Gasteiger partial charge in [0.05, 0.1) is 12.0 Å². The molecule has 1 aromatic carbocycles. The summed E-state index contributed by atoms with van der Waals surface area (Å²) in [4.78, 5) is 21.1. The molecule has 0 aliphatic rings. The molecule has 1 unspecified atom stereocenters. The number of ether oxygens (including phenoxy) is 1. The van der Waals surface area contributed by atoms with Crippen LogP contribution in [0.3, 0.4) is 0 Å². The summed E-state index contributed by atoms with van der Waals surface area (Å²) in [5, 5.41) is 0. The van der Waals surface area contributed by atoms with Crippen molar-refractivity contribution in [2.75, 3.05) is 0 Å². The number of imidazole rings is 1. The Morgan fingerprint density at radius 2 is 1.84 bits per heavy atom. The van der Waals surface area contributed by atoms with E-state index >= 15 is 0 Å². The summed E-state index contributed by atoms with van der Waals surface area (Å²) in [5.74, 6) is 0.320. The van der Waals surface area contributed by atoms with E-state index in [1.54, 1.807) is 35.4 Å². The van der Waals surface area contributed by atoms with Gasteiger partial charge in [0.25, 0.3) is 0 Å². The van der Waals surface area contributed by atoms with E-state index in [2.05, 4.69) is 28.6 Å². The van der Waals surface area contributed by atoms with Gasteiger partial charge in [-0.05, 0) is 66.6 Å². The van der Waals surface area contributed by atoms with Crippen LogP contribution in [0.2, 0.25) is 0 Å². The Hall–Kier alpha value is -3.16. The largest absolute Gasteiger partial charge is 0.573 e. The predicted octanol–water partition coefficient (Wildman–Crippen LogP) is 5.86. The number of pyridine rings is 1. The fourth-order valence-corrected chi connectivity index (χ4v) is 3.54. The van der Waals surface area contributed by atoms with Crippen LogP contribution >= 0.6 is 0 Å². The summed E-state index contributed by atoms with van der Waals surface area (Å²) in [7, 11) is 1.83. The van der Waals surface area contributed by atoms with Crippen molar-refractivity contribution >= 4 is 5.78 Å². The third-order valence-corrected chi connectivity index (χ3v) is 5.39. The highest BCUT2D eigenvalue weighted by atomic mass is 19.4. The van der Waals surface area contributed by atoms with Crippen molar-refractivity contribution in [3.63, 3.8) is 0 Å². The summed E-state index contributed by atoms with van der Waals surface area (Å²) >= 11 is 0. The highest BCUT2D eigenvalue weighted by molar-refractivity contribution is 5.94. The number of nitrogens with zero attached hydrogens (tertiary/aromatic N) is 3. The Kier molecular flexibility index (Phi) is 7.33. The average Bonchev–Trinajstić information content (AvgIpc) is 3.17. The number of hydrogen-bond donors (Lipinski definition) is 0. The molecule has 2 aromatic heterocycles. The van der Waals surface area contributed by atoms with Crippen molar-refractivity contribution in [1.82, 2.24) is 14.5 Å². The Bertz CT molecular complexity index is 1040. The minimum Gasteiger partial charge on any atom is -0.406 e. The molecule has 0 amide bonds. The quantitative estimate of drug-likeness (QED) is 0.387. The van der Waals surface area contributed by atoms with E-state index in [0.29, 0.717) is 29.3 Å². The zero-order valence-corrected chi connectivity index (χ0v) is 18.3. The minimum atomic E-state index is -4.72. The van der Waals surface area contributed by atoms with Crippen LogP contribution in [0.15, 0.2) is 55.1 Å². The van der Waals surface area contributed by atoms with Gasteiger partial charge in [-0.1, -0.05) is 13.8 Å². The molecule has 5 nitrogen and oxygen atoms in total. The number of benzene rings is 1. The van der Waals surface area contributed by atoms with Gasteiger partial charge in [-0.2, -0.15) is 0 Å². The number of hydrogen-bond acceptors (Lipinski definition) is 4. The smallest absolute Gasteiger partial charge is 0.406 e. The van der Waals surface area contributed by atoms with Gasteiger partial charge in [0.1, 0.15) is 11.4 Å². The van der Waals surface area contributed by atoms with Crippen molar-refractivity contribution in [3.8, 4) is 17.0 Å². The predicted molar refractivity (Wildman–Crippen MR) is 115 cm³/mol. The number of halogens is 3. The summed E-state index contributed by atoms with van der Waals surface area (Å²) < 4.78 is 42.7. The maximum Gasteiger partial charge on any atom is 0.573 e. The van der Waals surface area contributed by atoms with Crippen LogP contribution in [0, 0.1) is 11.8 Å². The zero-order valence-electron chi connectivity index (χ0n) is 18.3. The second-order valence-corrected chi connectivity index (χ2v) is 8.22. The number of Topliss-reactive ketones (excluding diaryl/α,β-unsaturated/α-hetero) is 1. The van der Waals surface area contributed by atoms with E-state index in [-0.39, 0.29) is 17.5 Å².